The average molecular weight is 425 g/mol. The minimum absolute atomic E-state index is 0.185. The highest BCUT2D eigenvalue weighted by Crippen LogP contribution is 2.25. The van der Waals surface area contributed by atoms with Gasteiger partial charge in [0.25, 0.3) is 5.91 Å². The fourth-order valence-corrected chi connectivity index (χ4v) is 3.86. The van der Waals surface area contributed by atoms with Crippen LogP contribution in [0.1, 0.15) is 35.4 Å². The molecule has 0 saturated heterocycles. The molecule has 5 rings (SSSR count). The Bertz CT molecular complexity index is 1220. The zero-order valence-electron chi connectivity index (χ0n) is 17.6. The average Bonchev–Trinajstić information content (AvgIpc) is 3.08. The molecule has 7 heteroatoms. The van der Waals surface area contributed by atoms with Crippen LogP contribution in [0.25, 0.3) is 11.4 Å². The van der Waals surface area contributed by atoms with Crippen molar-refractivity contribution in [1.82, 2.24) is 19.7 Å². The molecule has 0 fully saturated rings. The number of rotatable bonds is 5. The molecular formula is C25H23N5O2. The summed E-state index contributed by atoms with van der Waals surface area (Å²) < 4.78 is 7.94. The normalized spacial score (nSPS) is 13.1. The number of carbonyl (C=O) groups is 1. The molecule has 32 heavy (non-hydrogen) atoms. The van der Waals surface area contributed by atoms with Crippen molar-refractivity contribution in [2.24, 2.45) is 0 Å². The van der Waals surface area contributed by atoms with E-state index >= 15 is 0 Å². The molecule has 1 amide bonds. The highest BCUT2D eigenvalue weighted by Gasteiger charge is 2.16. The third kappa shape index (κ3) is 4.37. The molecule has 0 radical (unpaired) electrons. The van der Waals surface area contributed by atoms with Crippen molar-refractivity contribution in [3.05, 3.63) is 84.4 Å². The molecule has 0 aliphatic carbocycles. The first-order valence-electron chi connectivity index (χ1n) is 10.8. The molecule has 1 aliphatic heterocycles. The van der Waals surface area contributed by atoms with Crippen LogP contribution in [0.4, 0.5) is 5.69 Å². The second-order valence-corrected chi connectivity index (χ2v) is 7.75. The van der Waals surface area contributed by atoms with Crippen LogP contribution in [0.15, 0.2) is 73.1 Å². The molecule has 7 nitrogen and oxygen atoms in total. The van der Waals surface area contributed by atoms with E-state index in [1.54, 1.807) is 36.7 Å². The molecular weight excluding hydrogens is 402 g/mol. The van der Waals surface area contributed by atoms with Gasteiger partial charge in [-0.15, -0.1) is 10.2 Å². The number of nitrogens with one attached hydrogen (secondary N) is 1. The van der Waals surface area contributed by atoms with Gasteiger partial charge in [-0.25, -0.2) is 0 Å². The summed E-state index contributed by atoms with van der Waals surface area (Å²) in [6.07, 6.45) is 7.79. The summed E-state index contributed by atoms with van der Waals surface area (Å²) in [6.45, 7) is 0.932. The maximum Gasteiger partial charge on any atom is 0.255 e. The van der Waals surface area contributed by atoms with Crippen molar-refractivity contribution in [1.29, 1.82) is 0 Å². The molecule has 4 aromatic rings. The molecule has 2 aromatic heterocycles. The van der Waals surface area contributed by atoms with Crippen LogP contribution in [0.5, 0.6) is 11.5 Å². The Morgan fingerprint density at radius 3 is 2.69 bits per heavy atom. The molecule has 2 aromatic carbocycles. The maximum atomic E-state index is 12.8. The zero-order valence-corrected chi connectivity index (χ0v) is 17.6. The molecule has 0 atom stereocenters. The van der Waals surface area contributed by atoms with Gasteiger partial charge < -0.3 is 14.6 Å². The van der Waals surface area contributed by atoms with E-state index in [2.05, 4.69) is 25.1 Å². The number of fused-ring (bicyclic) bond motifs is 1. The number of aryl methyl sites for hydroxylation is 1. The number of ether oxygens (including phenoxy) is 1. The number of benzene rings is 2. The number of hydrogen-bond donors (Lipinski definition) is 1. The number of hydrogen-bond acceptors (Lipinski definition) is 5. The largest absolute Gasteiger partial charge is 0.456 e. The van der Waals surface area contributed by atoms with Gasteiger partial charge in [-0.05, 0) is 61.4 Å². The third-order valence-electron chi connectivity index (χ3n) is 5.47. The van der Waals surface area contributed by atoms with E-state index in [9.17, 15) is 4.79 Å². The van der Waals surface area contributed by atoms with Gasteiger partial charge in [0.1, 0.15) is 17.3 Å². The lowest BCUT2D eigenvalue weighted by atomic mass is 10.1. The number of pyridine rings is 1. The van der Waals surface area contributed by atoms with Crippen molar-refractivity contribution in [3.63, 3.8) is 0 Å². The number of anilines is 1. The van der Waals surface area contributed by atoms with Gasteiger partial charge in [0.05, 0.1) is 6.20 Å². The lowest BCUT2D eigenvalue weighted by Gasteiger charge is -2.10. The number of aromatic nitrogens is 4. The smallest absolute Gasteiger partial charge is 0.255 e. The topological polar surface area (TPSA) is 81.9 Å². The minimum Gasteiger partial charge on any atom is -0.456 e. The highest BCUT2D eigenvalue weighted by atomic mass is 16.5. The lowest BCUT2D eigenvalue weighted by molar-refractivity contribution is 0.102. The molecule has 0 saturated carbocycles. The fourth-order valence-electron chi connectivity index (χ4n) is 3.86. The second kappa shape index (κ2) is 9.01. The quantitative estimate of drug-likeness (QED) is 0.480. The van der Waals surface area contributed by atoms with Gasteiger partial charge in [0.2, 0.25) is 0 Å². The van der Waals surface area contributed by atoms with Crippen molar-refractivity contribution in [3.8, 4) is 22.9 Å². The van der Waals surface area contributed by atoms with Gasteiger partial charge in [0.15, 0.2) is 5.82 Å². The Morgan fingerprint density at radius 2 is 1.84 bits per heavy atom. The summed E-state index contributed by atoms with van der Waals surface area (Å²) in [7, 11) is 0. The fraction of sp³-hybridized carbons (Fsp3) is 0.200. The molecule has 1 N–H and O–H groups in total. The first kappa shape index (κ1) is 19.9. The van der Waals surface area contributed by atoms with Crippen LogP contribution in [0, 0.1) is 0 Å². The van der Waals surface area contributed by atoms with E-state index < -0.39 is 0 Å². The van der Waals surface area contributed by atoms with Gasteiger partial charge in [-0.1, -0.05) is 18.6 Å². The van der Waals surface area contributed by atoms with Crippen LogP contribution in [0.3, 0.4) is 0 Å². The molecule has 0 unspecified atom stereocenters. The summed E-state index contributed by atoms with van der Waals surface area (Å²) in [4.78, 5) is 16.8. The first-order valence-corrected chi connectivity index (χ1v) is 10.8. The van der Waals surface area contributed by atoms with Crippen LogP contribution < -0.4 is 10.1 Å². The SMILES string of the molecule is O=C(Nc1cccc(-c2nnc3n2CCCCC3)c1)c1ccc(Oc2cccnc2)cc1. The Kier molecular flexibility index (Phi) is 5.61. The van der Waals surface area contributed by atoms with E-state index in [0.29, 0.717) is 22.7 Å². The Labute approximate surface area is 186 Å². The minimum atomic E-state index is -0.185. The Balaban J connectivity index is 1.30. The van der Waals surface area contributed by atoms with Crippen LogP contribution in [-0.4, -0.2) is 25.7 Å². The summed E-state index contributed by atoms with van der Waals surface area (Å²) in [5.74, 6) is 3.00. The van der Waals surface area contributed by atoms with E-state index in [1.165, 1.54) is 6.42 Å². The van der Waals surface area contributed by atoms with Crippen molar-refractivity contribution in [2.75, 3.05) is 5.32 Å². The zero-order chi connectivity index (χ0) is 21.8. The monoisotopic (exact) mass is 425 g/mol. The Hall–Kier alpha value is -4.00. The number of carbonyl (C=O) groups excluding carboxylic acids is 1. The third-order valence-corrected chi connectivity index (χ3v) is 5.47. The van der Waals surface area contributed by atoms with Crippen LogP contribution in [-0.2, 0) is 13.0 Å². The summed E-state index contributed by atoms with van der Waals surface area (Å²) >= 11 is 0. The maximum absolute atomic E-state index is 12.8. The van der Waals surface area contributed by atoms with E-state index in [0.717, 1.165) is 43.0 Å². The second-order valence-electron chi connectivity index (χ2n) is 7.75. The van der Waals surface area contributed by atoms with Gasteiger partial charge in [-0.2, -0.15) is 0 Å². The predicted octanol–water partition coefficient (Wildman–Crippen LogP) is 5.11. The number of nitrogens with zero attached hydrogens (tertiary/aromatic N) is 4. The van der Waals surface area contributed by atoms with Gasteiger partial charge in [-0.3, -0.25) is 9.78 Å². The Morgan fingerprint density at radius 1 is 0.938 bits per heavy atom. The molecule has 160 valence electrons. The first-order chi connectivity index (χ1) is 15.8. The summed E-state index contributed by atoms with van der Waals surface area (Å²) in [5, 5.41) is 11.8. The van der Waals surface area contributed by atoms with E-state index in [1.807, 2.05) is 36.4 Å². The molecule has 0 bridgehead atoms. The van der Waals surface area contributed by atoms with Crippen molar-refractivity contribution < 1.29 is 9.53 Å². The highest BCUT2D eigenvalue weighted by molar-refractivity contribution is 6.04. The number of amides is 1. The van der Waals surface area contributed by atoms with Crippen molar-refractivity contribution >= 4 is 11.6 Å². The van der Waals surface area contributed by atoms with E-state index in [-0.39, 0.29) is 5.91 Å². The summed E-state index contributed by atoms with van der Waals surface area (Å²) in [5.41, 5.74) is 2.21. The van der Waals surface area contributed by atoms with Crippen LogP contribution in [0.2, 0.25) is 0 Å². The standard InChI is InChI=1S/C25H23N5O2/c31-25(18-10-12-21(13-11-18)32-22-8-5-14-26-17-22)27-20-7-4-6-19(16-20)24-29-28-23-9-2-1-3-15-30(23)24/h4-8,10-14,16-17H,1-3,9,15H2,(H,27,31). The lowest BCUT2D eigenvalue weighted by Crippen LogP contribution is -2.11. The molecule has 1 aliphatic rings. The predicted molar refractivity (Wildman–Crippen MR) is 122 cm³/mol. The van der Waals surface area contributed by atoms with Crippen molar-refractivity contribution in [2.45, 2.75) is 32.2 Å². The van der Waals surface area contributed by atoms with Crippen LogP contribution >= 0.6 is 0 Å². The molecule has 0 spiro atoms. The van der Waals surface area contributed by atoms with Gasteiger partial charge in [0, 0.05) is 36.0 Å². The molecule has 3 heterocycles. The van der Waals surface area contributed by atoms with E-state index in [4.69, 9.17) is 4.74 Å². The summed E-state index contributed by atoms with van der Waals surface area (Å²) in [6, 6.07) is 18.4. The van der Waals surface area contributed by atoms with Gasteiger partial charge >= 0.3 is 0 Å².